The molecular formula is C22H34O10S2. The van der Waals surface area contributed by atoms with Crippen molar-refractivity contribution in [2.24, 2.45) is 0 Å². The summed E-state index contributed by atoms with van der Waals surface area (Å²) in [5.74, 6) is 0.352. The average Bonchev–Trinajstić information content (AvgIpc) is 2.82. The van der Waals surface area contributed by atoms with E-state index < -0.39 is 0 Å². The first-order valence-corrected chi connectivity index (χ1v) is 10.6. The molecule has 0 bridgehead atoms. The van der Waals surface area contributed by atoms with E-state index in [1.807, 2.05) is 12.1 Å². The van der Waals surface area contributed by atoms with Crippen molar-refractivity contribution >= 4 is 37.2 Å². The van der Waals surface area contributed by atoms with Gasteiger partial charge in [0.15, 0.2) is 0 Å². The van der Waals surface area contributed by atoms with E-state index in [4.69, 9.17) is 40.1 Å². The van der Waals surface area contributed by atoms with Crippen LogP contribution in [0.2, 0.25) is 0 Å². The third kappa shape index (κ3) is 26.1. The van der Waals surface area contributed by atoms with Gasteiger partial charge in [-0.25, -0.2) is 0 Å². The van der Waals surface area contributed by atoms with Gasteiger partial charge in [0, 0.05) is 23.6 Å². The number of rotatable bonds is 5. The highest BCUT2D eigenvalue weighted by Gasteiger charge is 2.00. The van der Waals surface area contributed by atoms with Crippen molar-refractivity contribution in [3.8, 4) is 11.5 Å². The predicted molar refractivity (Wildman–Crippen MR) is 133 cm³/mol. The molecule has 2 aromatic carbocycles. The predicted octanol–water partition coefficient (Wildman–Crippen LogP) is 0.714. The van der Waals surface area contributed by atoms with Crippen molar-refractivity contribution < 1.29 is 49.7 Å². The summed E-state index contributed by atoms with van der Waals surface area (Å²) in [4.78, 5) is 22.4. The SMILES string of the molecule is CC(=O)Oc1ccccc1S.CC(=O)Oc1ccccc1S.OCCO.OCCO.OCCO. The van der Waals surface area contributed by atoms with Gasteiger partial charge in [-0.15, -0.1) is 25.3 Å². The molecule has 0 fully saturated rings. The number of carbonyl (C=O) groups excluding carboxylic acids is 2. The Kier molecular flexibility index (Phi) is 29.0. The summed E-state index contributed by atoms with van der Waals surface area (Å²) >= 11 is 8.19. The van der Waals surface area contributed by atoms with Crippen LogP contribution in [0.25, 0.3) is 0 Å². The minimum Gasteiger partial charge on any atom is -0.426 e. The standard InChI is InChI=1S/2C8H8O2S.3C2H6O2/c2*1-6(9)10-7-4-2-3-5-8(7)11;3*3-1-2-4/h2*2-5,11H,1H3;3*3-4H,1-2H2. The average molecular weight is 523 g/mol. The number of ether oxygens (including phenoxy) is 2. The molecule has 2 rings (SSSR count). The first kappa shape index (κ1) is 36.4. The van der Waals surface area contributed by atoms with E-state index in [9.17, 15) is 9.59 Å². The van der Waals surface area contributed by atoms with Crippen molar-refractivity contribution in [1.29, 1.82) is 0 Å². The van der Waals surface area contributed by atoms with E-state index in [1.165, 1.54) is 13.8 Å². The van der Waals surface area contributed by atoms with Gasteiger partial charge in [0.2, 0.25) is 0 Å². The molecule has 0 atom stereocenters. The molecule has 10 nitrogen and oxygen atoms in total. The van der Waals surface area contributed by atoms with Gasteiger partial charge in [0.25, 0.3) is 0 Å². The minimum atomic E-state index is -0.327. The zero-order chi connectivity index (χ0) is 26.8. The van der Waals surface area contributed by atoms with Crippen molar-refractivity contribution in [3.63, 3.8) is 0 Å². The summed E-state index contributed by atoms with van der Waals surface area (Å²) in [6.07, 6.45) is 0. The maximum Gasteiger partial charge on any atom is 0.308 e. The lowest BCUT2D eigenvalue weighted by molar-refractivity contribution is -0.133. The highest BCUT2D eigenvalue weighted by Crippen LogP contribution is 2.21. The number of hydrogen-bond acceptors (Lipinski definition) is 12. The van der Waals surface area contributed by atoms with Crippen LogP contribution >= 0.6 is 25.3 Å². The van der Waals surface area contributed by atoms with E-state index >= 15 is 0 Å². The molecule has 0 spiro atoms. The number of hydrogen-bond donors (Lipinski definition) is 8. The Morgan fingerprint density at radius 1 is 0.588 bits per heavy atom. The smallest absolute Gasteiger partial charge is 0.308 e. The molecule has 0 unspecified atom stereocenters. The van der Waals surface area contributed by atoms with E-state index in [2.05, 4.69) is 25.3 Å². The van der Waals surface area contributed by atoms with Crippen molar-refractivity contribution in [2.45, 2.75) is 23.6 Å². The second kappa shape index (κ2) is 27.1. The topological polar surface area (TPSA) is 174 Å². The van der Waals surface area contributed by atoms with Crippen LogP contribution in [-0.4, -0.2) is 82.2 Å². The monoisotopic (exact) mass is 522 g/mol. The molecule has 0 heterocycles. The fourth-order valence-electron chi connectivity index (χ4n) is 1.40. The third-order valence-corrected chi connectivity index (χ3v) is 3.28. The lowest BCUT2D eigenvalue weighted by Gasteiger charge is -2.02. The molecular weight excluding hydrogens is 488 g/mol. The number of aliphatic hydroxyl groups is 6. The van der Waals surface area contributed by atoms with Crippen LogP contribution in [-0.2, 0) is 9.59 Å². The Balaban J connectivity index is -0.000000390. The molecule has 12 heteroatoms. The fourth-order valence-corrected chi connectivity index (χ4v) is 1.81. The first-order chi connectivity index (χ1) is 16.1. The molecule has 0 aliphatic carbocycles. The Labute approximate surface area is 210 Å². The molecule has 0 aromatic heterocycles. The Morgan fingerprint density at radius 2 is 0.824 bits per heavy atom. The van der Waals surface area contributed by atoms with Gasteiger partial charge in [0.05, 0.1) is 39.6 Å². The number of thiol groups is 2. The van der Waals surface area contributed by atoms with Crippen LogP contribution in [0.15, 0.2) is 58.3 Å². The largest absolute Gasteiger partial charge is 0.426 e. The number of esters is 2. The molecule has 0 saturated heterocycles. The molecule has 0 aliphatic heterocycles. The van der Waals surface area contributed by atoms with Gasteiger partial charge in [0.1, 0.15) is 11.5 Å². The molecule has 0 saturated carbocycles. The first-order valence-electron chi connectivity index (χ1n) is 9.72. The zero-order valence-electron chi connectivity index (χ0n) is 19.1. The van der Waals surface area contributed by atoms with Crippen LogP contribution in [0.1, 0.15) is 13.8 Å². The minimum absolute atomic E-state index is 0.125. The second-order valence-corrected chi connectivity index (χ2v) is 6.43. The van der Waals surface area contributed by atoms with Gasteiger partial charge < -0.3 is 40.1 Å². The second-order valence-electron chi connectivity index (χ2n) is 5.46. The van der Waals surface area contributed by atoms with Crippen molar-refractivity contribution in [1.82, 2.24) is 0 Å². The van der Waals surface area contributed by atoms with Crippen LogP contribution in [0.4, 0.5) is 0 Å². The van der Waals surface area contributed by atoms with E-state index in [1.54, 1.807) is 36.4 Å². The molecule has 0 radical (unpaired) electrons. The van der Waals surface area contributed by atoms with Crippen molar-refractivity contribution in [3.05, 3.63) is 48.5 Å². The molecule has 0 amide bonds. The summed E-state index contributed by atoms with van der Waals surface area (Å²) in [7, 11) is 0. The number of benzene rings is 2. The van der Waals surface area contributed by atoms with Gasteiger partial charge >= 0.3 is 11.9 Å². The lowest BCUT2D eigenvalue weighted by Crippen LogP contribution is -2.01. The van der Waals surface area contributed by atoms with Crippen LogP contribution in [0.5, 0.6) is 11.5 Å². The Hall–Kier alpha value is -2.16. The Morgan fingerprint density at radius 3 is 1.00 bits per heavy atom. The van der Waals surface area contributed by atoms with Crippen LogP contribution in [0.3, 0.4) is 0 Å². The summed E-state index contributed by atoms with van der Waals surface area (Å²) in [6, 6.07) is 14.2. The van der Waals surface area contributed by atoms with Gasteiger partial charge in [-0.05, 0) is 24.3 Å². The van der Waals surface area contributed by atoms with E-state index in [-0.39, 0.29) is 51.6 Å². The highest BCUT2D eigenvalue weighted by atomic mass is 32.1. The maximum atomic E-state index is 10.5. The number of aliphatic hydroxyl groups excluding tert-OH is 6. The molecule has 34 heavy (non-hydrogen) atoms. The fraction of sp³-hybridized carbons (Fsp3) is 0.364. The van der Waals surface area contributed by atoms with Gasteiger partial charge in [-0.1, -0.05) is 24.3 Å². The van der Waals surface area contributed by atoms with Crippen LogP contribution in [0, 0.1) is 0 Å². The number of para-hydroxylation sites is 2. The number of carbonyl (C=O) groups is 2. The molecule has 0 aliphatic rings. The Bertz CT molecular complexity index is 687. The molecule has 6 N–H and O–H groups in total. The normalized spacial score (nSPS) is 8.65. The van der Waals surface area contributed by atoms with Gasteiger partial charge in [-0.3, -0.25) is 9.59 Å². The van der Waals surface area contributed by atoms with Gasteiger partial charge in [-0.2, -0.15) is 0 Å². The maximum absolute atomic E-state index is 10.5. The zero-order valence-corrected chi connectivity index (χ0v) is 20.9. The summed E-state index contributed by atoms with van der Waals surface area (Å²) in [5.41, 5.74) is 0. The quantitative estimate of drug-likeness (QED) is 0.159. The lowest BCUT2D eigenvalue weighted by atomic mass is 10.3. The summed E-state index contributed by atoms with van der Waals surface area (Å²) in [5, 5.41) is 45.8. The molecule has 2 aromatic rings. The third-order valence-electron chi connectivity index (χ3n) is 2.54. The van der Waals surface area contributed by atoms with Crippen molar-refractivity contribution in [2.75, 3.05) is 39.6 Å². The van der Waals surface area contributed by atoms with Crippen LogP contribution < -0.4 is 9.47 Å². The highest BCUT2D eigenvalue weighted by molar-refractivity contribution is 7.80. The molecule has 194 valence electrons. The van der Waals surface area contributed by atoms with E-state index in [0.717, 1.165) is 0 Å². The summed E-state index contributed by atoms with van der Waals surface area (Å²) in [6.45, 7) is 1.97. The summed E-state index contributed by atoms with van der Waals surface area (Å²) < 4.78 is 9.66. The van der Waals surface area contributed by atoms with E-state index in [0.29, 0.717) is 21.3 Å².